The van der Waals surface area contributed by atoms with Gasteiger partial charge in [-0.05, 0) is 30.3 Å². The number of rotatable bonds is 4. The molecule has 0 atom stereocenters. The van der Waals surface area contributed by atoms with Crippen LogP contribution in [-0.2, 0) is 6.54 Å². The van der Waals surface area contributed by atoms with Crippen molar-refractivity contribution >= 4 is 23.4 Å². The number of amides is 2. The predicted molar refractivity (Wildman–Crippen MR) is 85.2 cm³/mol. The fourth-order valence-corrected chi connectivity index (χ4v) is 2.86. The molecule has 3 rings (SSSR count). The first-order chi connectivity index (χ1) is 11.5. The van der Waals surface area contributed by atoms with Gasteiger partial charge in [-0.1, -0.05) is 11.6 Å². The molecule has 1 aliphatic rings. The normalized spacial score (nSPS) is 13.2. The molecule has 5 nitrogen and oxygen atoms in total. The monoisotopic (exact) mass is 349 g/mol. The lowest BCUT2D eigenvalue weighted by Crippen LogP contribution is -2.29. The maximum Gasteiger partial charge on any atom is 0.265 e. The van der Waals surface area contributed by atoms with E-state index in [4.69, 9.17) is 21.1 Å². The van der Waals surface area contributed by atoms with Crippen LogP contribution in [0.15, 0.2) is 30.3 Å². The molecule has 2 aromatic carbocycles. The molecule has 7 heteroatoms. The van der Waals surface area contributed by atoms with Gasteiger partial charge >= 0.3 is 0 Å². The van der Waals surface area contributed by atoms with Crippen molar-refractivity contribution in [3.63, 3.8) is 0 Å². The van der Waals surface area contributed by atoms with Crippen molar-refractivity contribution in [2.24, 2.45) is 0 Å². The lowest BCUT2D eigenvalue weighted by Gasteiger charge is -2.15. The third kappa shape index (κ3) is 2.49. The van der Waals surface area contributed by atoms with Gasteiger partial charge in [-0.25, -0.2) is 4.39 Å². The van der Waals surface area contributed by atoms with E-state index in [-0.39, 0.29) is 29.0 Å². The van der Waals surface area contributed by atoms with E-state index in [2.05, 4.69) is 0 Å². The molecular formula is C17H13ClFNO4. The largest absolute Gasteiger partial charge is 0.493 e. The van der Waals surface area contributed by atoms with Gasteiger partial charge in [-0.2, -0.15) is 0 Å². The van der Waals surface area contributed by atoms with Gasteiger partial charge in [0, 0.05) is 10.6 Å². The summed E-state index contributed by atoms with van der Waals surface area (Å²) in [4.78, 5) is 26.2. The summed E-state index contributed by atoms with van der Waals surface area (Å²) in [6.45, 7) is -0.218. The van der Waals surface area contributed by atoms with E-state index < -0.39 is 17.6 Å². The Kier molecular flexibility index (Phi) is 4.15. The number of carbonyl (C=O) groups is 2. The zero-order valence-electron chi connectivity index (χ0n) is 12.9. The van der Waals surface area contributed by atoms with Crippen LogP contribution < -0.4 is 9.47 Å². The molecule has 0 N–H and O–H groups in total. The second kappa shape index (κ2) is 6.13. The van der Waals surface area contributed by atoms with Crippen molar-refractivity contribution in [2.45, 2.75) is 6.54 Å². The van der Waals surface area contributed by atoms with Crippen LogP contribution in [-0.4, -0.2) is 30.9 Å². The quantitative estimate of drug-likeness (QED) is 0.795. The number of fused-ring (bicyclic) bond motifs is 1. The summed E-state index contributed by atoms with van der Waals surface area (Å²) >= 11 is 5.86. The number of ether oxygens (including phenoxy) is 2. The first-order valence-electron chi connectivity index (χ1n) is 7.03. The maximum absolute atomic E-state index is 13.9. The van der Waals surface area contributed by atoms with E-state index in [9.17, 15) is 14.0 Å². The minimum atomic E-state index is -0.565. The number of hydrogen-bond acceptors (Lipinski definition) is 4. The van der Waals surface area contributed by atoms with Crippen LogP contribution in [0.2, 0.25) is 5.02 Å². The Morgan fingerprint density at radius 3 is 2.50 bits per heavy atom. The molecule has 0 spiro atoms. The average Bonchev–Trinajstić information content (AvgIpc) is 2.82. The lowest BCUT2D eigenvalue weighted by molar-refractivity contribution is 0.0640. The second-order valence-electron chi connectivity index (χ2n) is 5.16. The Morgan fingerprint density at radius 1 is 1.08 bits per heavy atom. The Morgan fingerprint density at radius 2 is 1.83 bits per heavy atom. The Labute approximate surface area is 142 Å². The van der Waals surface area contributed by atoms with Gasteiger partial charge in [-0.3, -0.25) is 14.5 Å². The van der Waals surface area contributed by atoms with Gasteiger partial charge in [-0.15, -0.1) is 0 Å². The van der Waals surface area contributed by atoms with Crippen LogP contribution in [0.4, 0.5) is 4.39 Å². The van der Waals surface area contributed by atoms with E-state index in [1.165, 1.54) is 38.5 Å². The zero-order valence-corrected chi connectivity index (χ0v) is 13.7. The van der Waals surface area contributed by atoms with Gasteiger partial charge in [0.15, 0.2) is 11.5 Å². The number of imide groups is 1. The van der Waals surface area contributed by atoms with Gasteiger partial charge in [0.05, 0.1) is 31.9 Å². The van der Waals surface area contributed by atoms with Crippen molar-refractivity contribution in [2.75, 3.05) is 14.2 Å². The van der Waals surface area contributed by atoms with Crippen molar-refractivity contribution in [1.29, 1.82) is 0 Å². The summed E-state index contributed by atoms with van der Waals surface area (Å²) in [6, 6.07) is 7.02. The fourth-order valence-electron chi connectivity index (χ4n) is 2.67. The standard InChI is InChI=1S/C17H13ClFNO4/c1-23-13-6-4-11-14(15(13)24-2)17(22)20(16(11)21)8-9-7-10(18)3-5-12(9)19/h3-7H,8H2,1-2H3. The lowest BCUT2D eigenvalue weighted by atomic mass is 10.1. The first-order valence-corrected chi connectivity index (χ1v) is 7.40. The number of methoxy groups -OCH3 is 2. The summed E-state index contributed by atoms with van der Waals surface area (Å²) in [5.41, 5.74) is 0.465. The number of carbonyl (C=O) groups excluding carboxylic acids is 2. The molecule has 0 saturated heterocycles. The summed E-state index contributed by atoms with van der Waals surface area (Å²) < 4.78 is 24.3. The molecule has 1 heterocycles. The van der Waals surface area contributed by atoms with Gasteiger partial charge in [0.1, 0.15) is 5.82 Å². The summed E-state index contributed by atoms with van der Waals surface area (Å²) in [6.07, 6.45) is 0. The number of hydrogen-bond donors (Lipinski definition) is 0. The van der Waals surface area contributed by atoms with E-state index in [0.29, 0.717) is 10.8 Å². The molecule has 0 bridgehead atoms. The molecular weight excluding hydrogens is 337 g/mol. The van der Waals surface area contributed by atoms with Crippen molar-refractivity contribution in [3.05, 3.63) is 57.9 Å². The molecule has 0 radical (unpaired) electrons. The first kappa shape index (κ1) is 16.3. The van der Waals surface area contributed by atoms with Crippen molar-refractivity contribution in [3.8, 4) is 11.5 Å². The molecule has 24 heavy (non-hydrogen) atoms. The van der Waals surface area contributed by atoms with E-state index >= 15 is 0 Å². The Bertz CT molecular complexity index is 853. The summed E-state index contributed by atoms with van der Waals surface area (Å²) in [5.74, 6) is -1.10. The molecule has 124 valence electrons. The molecule has 2 aromatic rings. The maximum atomic E-state index is 13.9. The topological polar surface area (TPSA) is 55.8 Å². The van der Waals surface area contributed by atoms with Crippen molar-refractivity contribution in [1.82, 2.24) is 4.90 Å². The number of halogens is 2. The Balaban J connectivity index is 2.03. The molecule has 0 aromatic heterocycles. The zero-order chi connectivity index (χ0) is 17.4. The number of benzene rings is 2. The van der Waals surface area contributed by atoms with Gasteiger partial charge in [0.25, 0.3) is 11.8 Å². The second-order valence-corrected chi connectivity index (χ2v) is 5.59. The van der Waals surface area contributed by atoms with Crippen LogP contribution in [0.3, 0.4) is 0 Å². The van der Waals surface area contributed by atoms with Crippen LogP contribution in [0.1, 0.15) is 26.3 Å². The highest BCUT2D eigenvalue weighted by Crippen LogP contribution is 2.38. The Hall–Kier alpha value is -2.60. The third-order valence-corrected chi connectivity index (χ3v) is 4.05. The molecule has 2 amide bonds. The van der Waals surface area contributed by atoms with E-state index in [1.54, 1.807) is 6.07 Å². The van der Waals surface area contributed by atoms with Crippen LogP contribution in [0.5, 0.6) is 11.5 Å². The predicted octanol–water partition coefficient (Wildman–Crippen LogP) is 3.29. The molecule has 0 aliphatic carbocycles. The van der Waals surface area contributed by atoms with Crippen LogP contribution >= 0.6 is 11.6 Å². The average molecular weight is 350 g/mol. The minimum absolute atomic E-state index is 0.115. The number of nitrogens with zero attached hydrogens (tertiary/aromatic N) is 1. The smallest absolute Gasteiger partial charge is 0.265 e. The van der Waals surface area contributed by atoms with E-state index in [1.807, 2.05) is 0 Å². The molecule has 0 saturated carbocycles. The summed E-state index contributed by atoms with van der Waals surface area (Å²) in [7, 11) is 2.82. The van der Waals surface area contributed by atoms with Crippen molar-refractivity contribution < 1.29 is 23.5 Å². The van der Waals surface area contributed by atoms with Crippen LogP contribution in [0.25, 0.3) is 0 Å². The fraction of sp³-hybridized carbons (Fsp3) is 0.176. The molecule has 0 unspecified atom stereocenters. The highest BCUT2D eigenvalue weighted by atomic mass is 35.5. The van der Waals surface area contributed by atoms with Crippen LogP contribution in [0, 0.1) is 5.82 Å². The highest BCUT2D eigenvalue weighted by Gasteiger charge is 2.39. The molecule has 0 fully saturated rings. The summed E-state index contributed by atoms with van der Waals surface area (Å²) in [5, 5.41) is 0.322. The van der Waals surface area contributed by atoms with Gasteiger partial charge < -0.3 is 9.47 Å². The highest BCUT2D eigenvalue weighted by molar-refractivity contribution is 6.30. The van der Waals surface area contributed by atoms with Gasteiger partial charge in [0.2, 0.25) is 0 Å². The molecule has 1 aliphatic heterocycles. The SMILES string of the molecule is COc1ccc2c(c1OC)C(=O)N(Cc1cc(Cl)ccc1F)C2=O. The van der Waals surface area contributed by atoms with E-state index in [0.717, 1.165) is 4.90 Å². The minimum Gasteiger partial charge on any atom is -0.493 e. The third-order valence-electron chi connectivity index (χ3n) is 3.82.